The van der Waals surface area contributed by atoms with Crippen LogP contribution < -0.4 is 10.1 Å². The quantitative estimate of drug-likeness (QED) is 0.813. The van der Waals surface area contributed by atoms with Crippen molar-refractivity contribution in [3.05, 3.63) is 28.2 Å². The summed E-state index contributed by atoms with van der Waals surface area (Å²) in [4.78, 5) is 0. The van der Waals surface area contributed by atoms with Gasteiger partial charge in [0.15, 0.2) is 0 Å². The second-order valence-corrected chi connectivity index (χ2v) is 4.55. The molecule has 1 unspecified atom stereocenters. The van der Waals surface area contributed by atoms with Crippen LogP contribution in [-0.2, 0) is 0 Å². The maximum absolute atomic E-state index is 5.19. The Hall–Kier alpha value is -0.190. The first-order chi connectivity index (χ1) is 7.22. The Balaban J connectivity index is 2.89. The molecule has 1 atom stereocenters. The molecule has 0 aliphatic carbocycles. The zero-order valence-electron chi connectivity index (χ0n) is 8.96. The normalized spacial score (nSPS) is 12.5. The van der Waals surface area contributed by atoms with E-state index in [1.165, 1.54) is 5.56 Å². The highest BCUT2D eigenvalue weighted by molar-refractivity contribution is 9.10. The molecule has 0 saturated heterocycles. The lowest BCUT2D eigenvalue weighted by molar-refractivity contribution is 0.411. The number of benzene rings is 1. The highest BCUT2D eigenvalue weighted by atomic mass is 79.9. The summed E-state index contributed by atoms with van der Waals surface area (Å²) in [7, 11) is 3.63. The summed E-state index contributed by atoms with van der Waals surface area (Å²) in [6, 6.07) is 6.49. The standard InChI is InChI=1S/C11H16BrNOS/c1-13-10(5-6-15)8-3-4-11(14-2)9(12)7-8/h3-4,7,10,13,15H,5-6H2,1-2H3. The van der Waals surface area contributed by atoms with Crippen LogP contribution in [0.5, 0.6) is 5.75 Å². The van der Waals surface area contributed by atoms with Gasteiger partial charge in [0.1, 0.15) is 5.75 Å². The number of thiol groups is 1. The fraction of sp³-hybridized carbons (Fsp3) is 0.455. The van der Waals surface area contributed by atoms with Crippen LogP contribution in [0.3, 0.4) is 0 Å². The molecule has 0 aliphatic heterocycles. The lowest BCUT2D eigenvalue weighted by Crippen LogP contribution is -2.16. The van der Waals surface area contributed by atoms with E-state index in [1.54, 1.807) is 7.11 Å². The van der Waals surface area contributed by atoms with Gasteiger partial charge < -0.3 is 10.1 Å². The molecule has 0 radical (unpaired) electrons. The predicted octanol–water partition coefficient (Wildman–Crippen LogP) is 3.04. The molecule has 0 spiro atoms. The molecule has 0 heterocycles. The van der Waals surface area contributed by atoms with Gasteiger partial charge in [0.2, 0.25) is 0 Å². The first-order valence-corrected chi connectivity index (χ1v) is 6.27. The maximum Gasteiger partial charge on any atom is 0.133 e. The molecule has 2 nitrogen and oxygen atoms in total. The average Bonchev–Trinajstić information content (AvgIpc) is 2.25. The van der Waals surface area contributed by atoms with Crippen LogP contribution in [0.2, 0.25) is 0 Å². The Morgan fingerprint density at radius 1 is 1.53 bits per heavy atom. The lowest BCUT2D eigenvalue weighted by Gasteiger charge is -2.16. The molecule has 0 aromatic heterocycles. The van der Waals surface area contributed by atoms with Crippen LogP contribution >= 0.6 is 28.6 Å². The Bertz CT molecular complexity index is 319. The van der Waals surface area contributed by atoms with Gasteiger partial charge in [-0.15, -0.1) is 0 Å². The maximum atomic E-state index is 5.19. The van der Waals surface area contributed by atoms with Gasteiger partial charge in [0, 0.05) is 6.04 Å². The van der Waals surface area contributed by atoms with Crippen LogP contribution in [0.1, 0.15) is 18.0 Å². The van der Waals surface area contributed by atoms with Crippen molar-refractivity contribution >= 4 is 28.6 Å². The predicted molar refractivity (Wildman–Crippen MR) is 71.0 cm³/mol. The number of halogens is 1. The Morgan fingerprint density at radius 3 is 2.73 bits per heavy atom. The van der Waals surface area contributed by atoms with Crippen molar-refractivity contribution in [2.75, 3.05) is 19.9 Å². The Labute approximate surface area is 105 Å². The zero-order valence-corrected chi connectivity index (χ0v) is 11.4. The Kier molecular flexibility index (Phi) is 5.50. The highest BCUT2D eigenvalue weighted by Crippen LogP contribution is 2.28. The number of hydrogen-bond acceptors (Lipinski definition) is 3. The van der Waals surface area contributed by atoms with Crippen molar-refractivity contribution in [2.24, 2.45) is 0 Å². The number of hydrogen-bond donors (Lipinski definition) is 2. The molecule has 4 heteroatoms. The van der Waals surface area contributed by atoms with Gasteiger partial charge in [-0.1, -0.05) is 6.07 Å². The van der Waals surface area contributed by atoms with Crippen molar-refractivity contribution in [3.63, 3.8) is 0 Å². The van der Waals surface area contributed by atoms with Gasteiger partial charge in [0.25, 0.3) is 0 Å². The zero-order chi connectivity index (χ0) is 11.3. The second-order valence-electron chi connectivity index (χ2n) is 3.25. The van der Waals surface area contributed by atoms with Crippen molar-refractivity contribution in [1.29, 1.82) is 0 Å². The van der Waals surface area contributed by atoms with E-state index in [2.05, 4.69) is 46.0 Å². The van der Waals surface area contributed by atoms with Gasteiger partial charge >= 0.3 is 0 Å². The fourth-order valence-corrected chi connectivity index (χ4v) is 2.32. The number of methoxy groups -OCH3 is 1. The molecule has 1 N–H and O–H groups in total. The molecular weight excluding hydrogens is 274 g/mol. The third-order valence-electron chi connectivity index (χ3n) is 2.34. The minimum Gasteiger partial charge on any atom is -0.496 e. The van der Waals surface area contributed by atoms with E-state index in [1.807, 2.05) is 13.1 Å². The number of ether oxygens (including phenoxy) is 1. The van der Waals surface area contributed by atoms with Crippen LogP contribution in [0, 0.1) is 0 Å². The third kappa shape index (κ3) is 3.40. The molecule has 0 bridgehead atoms. The summed E-state index contributed by atoms with van der Waals surface area (Å²) in [6.45, 7) is 0. The van der Waals surface area contributed by atoms with Gasteiger partial charge in [-0.05, 0) is 52.8 Å². The summed E-state index contributed by atoms with van der Waals surface area (Å²) in [6.07, 6.45) is 1.01. The molecule has 1 aromatic carbocycles. The van der Waals surface area contributed by atoms with Crippen LogP contribution in [0.4, 0.5) is 0 Å². The second kappa shape index (κ2) is 6.40. The number of rotatable bonds is 5. The molecule has 0 amide bonds. The molecular formula is C11H16BrNOS. The average molecular weight is 290 g/mol. The fourth-order valence-electron chi connectivity index (χ4n) is 1.51. The van der Waals surface area contributed by atoms with E-state index in [-0.39, 0.29) is 0 Å². The minimum atomic E-state index is 0.352. The van der Waals surface area contributed by atoms with E-state index in [4.69, 9.17) is 4.74 Å². The van der Waals surface area contributed by atoms with Gasteiger partial charge in [-0.3, -0.25) is 0 Å². The van der Waals surface area contributed by atoms with Gasteiger partial charge in [-0.25, -0.2) is 0 Å². The number of nitrogens with one attached hydrogen (secondary N) is 1. The Morgan fingerprint density at radius 2 is 2.27 bits per heavy atom. The highest BCUT2D eigenvalue weighted by Gasteiger charge is 2.10. The summed E-state index contributed by atoms with van der Waals surface area (Å²) in [5, 5.41) is 3.27. The minimum absolute atomic E-state index is 0.352. The van der Waals surface area contributed by atoms with Crippen molar-refractivity contribution in [1.82, 2.24) is 5.32 Å². The monoisotopic (exact) mass is 289 g/mol. The van der Waals surface area contributed by atoms with E-state index >= 15 is 0 Å². The van der Waals surface area contributed by atoms with Crippen molar-refractivity contribution < 1.29 is 4.74 Å². The first kappa shape index (κ1) is 12.9. The third-order valence-corrected chi connectivity index (χ3v) is 3.22. The van der Waals surface area contributed by atoms with Gasteiger partial charge in [-0.2, -0.15) is 12.6 Å². The molecule has 1 aromatic rings. The summed E-state index contributed by atoms with van der Waals surface area (Å²) in [5.74, 6) is 1.73. The van der Waals surface area contributed by atoms with E-state index < -0.39 is 0 Å². The topological polar surface area (TPSA) is 21.3 Å². The molecule has 0 saturated carbocycles. The van der Waals surface area contributed by atoms with E-state index in [0.29, 0.717) is 6.04 Å². The van der Waals surface area contributed by atoms with Gasteiger partial charge in [0.05, 0.1) is 11.6 Å². The molecule has 0 aliphatic rings. The van der Waals surface area contributed by atoms with E-state index in [9.17, 15) is 0 Å². The molecule has 84 valence electrons. The summed E-state index contributed by atoms with van der Waals surface area (Å²) >= 11 is 7.74. The summed E-state index contributed by atoms with van der Waals surface area (Å²) in [5.41, 5.74) is 1.25. The summed E-state index contributed by atoms with van der Waals surface area (Å²) < 4.78 is 6.18. The molecule has 15 heavy (non-hydrogen) atoms. The largest absolute Gasteiger partial charge is 0.496 e. The molecule has 1 rings (SSSR count). The van der Waals surface area contributed by atoms with Crippen LogP contribution in [-0.4, -0.2) is 19.9 Å². The molecule has 0 fully saturated rings. The van der Waals surface area contributed by atoms with Crippen LogP contribution in [0.15, 0.2) is 22.7 Å². The SMILES string of the molecule is CNC(CCS)c1ccc(OC)c(Br)c1. The van der Waals surface area contributed by atoms with Crippen molar-refractivity contribution in [3.8, 4) is 5.75 Å². The first-order valence-electron chi connectivity index (χ1n) is 4.84. The lowest BCUT2D eigenvalue weighted by atomic mass is 10.0. The van der Waals surface area contributed by atoms with Crippen molar-refractivity contribution in [2.45, 2.75) is 12.5 Å². The van der Waals surface area contributed by atoms with E-state index in [0.717, 1.165) is 22.4 Å². The van der Waals surface area contributed by atoms with Crippen LogP contribution in [0.25, 0.3) is 0 Å². The smallest absolute Gasteiger partial charge is 0.133 e.